The Morgan fingerprint density at radius 2 is 2.12 bits per heavy atom. The van der Waals surface area contributed by atoms with Gasteiger partial charge in [0, 0.05) is 0 Å². The van der Waals surface area contributed by atoms with Gasteiger partial charge >= 0.3 is 5.97 Å². The third kappa shape index (κ3) is 1.87. The molecule has 0 spiro atoms. The van der Waals surface area contributed by atoms with Gasteiger partial charge in [-0.1, -0.05) is 12.1 Å². The number of nitrogens with one attached hydrogen (secondary N) is 1. The number of hydrogen-bond donors (Lipinski definition) is 2. The minimum atomic E-state index is -1.07. The van der Waals surface area contributed by atoms with Crippen LogP contribution in [0.15, 0.2) is 24.3 Å². The summed E-state index contributed by atoms with van der Waals surface area (Å²) in [5, 5.41) is 12.0. The van der Waals surface area contributed by atoms with Gasteiger partial charge in [0.05, 0.1) is 5.69 Å². The molecule has 86 valence electrons. The van der Waals surface area contributed by atoms with Crippen LogP contribution in [0.5, 0.6) is 0 Å². The van der Waals surface area contributed by atoms with E-state index < -0.39 is 17.3 Å². The van der Waals surface area contributed by atoms with Crippen molar-refractivity contribution in [3.8, 4) is 0 Å². The molecule has 2 N–H and O–H groups in total. The van der Waals surface area contributed by atoms with Crippen LogP contribution in [-0.2, 0) is 4.79 Å². The van der Waals surface area contributed by atoms with Crippen molar-refractivity contribution in [1.82, 2.24) is 0 Å². The van der Waals surface area contributed by atoms with Crippen molar-refractivity contribution in [1.29, 1.82) is 0 Å². The van der Waals surface area contributed by atoms with Crippen molar-refractivity contribution in [2.75, 3.05) is 5.32 Å². The van der Waals surface area contributed by atoms with Crippen LogP contribution in [0.2, 0.25) is 0 Å². The Bertz CT molecular complexity index is 417. The predicted molar refractivity (Wildman–Crippen MR) is 58.8 cm³/mol. The molecule has 1 aromatic rings. The molecule has 0 aliphatic heterocycles. The third-order valence-electron chi connectivity index (χ3n) is 3.11. The fourth-order valence-electron chi connectivity index (χ4n) is 1.83. The number of aliphatic carboxylic acids is 1. The number of carbonyl (C=O) groups is 1. The molecule has 1 fully saturated rings. The van der Waals surface area contributed by atoms with Gasteiger partial charge in [-0.05, 0) is 37.8 Å². The number of carboxylic acids is 1. The normalized spacial score (nSPS) is 18.9. The summed E-state index contributed by atoms with van der Waals surface area (Å²) in [7, 11) is 0. The number of carboxylic acid groups (broad SMARTS) is 1. The first-order valence-electron chi connectivity index (χ1n) is 5.30. The molecule has 1 saturated carbocycles. The summed E-state index contributed by atoms with van der Waals surface area (Å²) in [5.74, 6) is -1.27. The fourth-order valence-corrected chi connectivity index (χ4v) is 1.83. The lowest BCUT2D eigenvalue weighted by atomic mass is 9.95. The van der Waals surface area contributed by atoms with Crippen molar-refractivity contribution >= 4 is 11.7 Å². The molecule has 0 bridgehead atoms. The lowest BCUT2D eigenvalue weighted by Gasteiger charge is -2.27. The van der Waals surface area contributed by atoms with E-state index in [4.69, 9.17) is 0 Å². The average molecular weight is 223 g/mol. The summed E-state index contributed by atoms with van der Waals surface area (Å²) in [6.07, 6.45) is 1.76. The highest BCUT2D eigenvalue weighted by Crippen LogP contribution is 2.41. The monoisotopic (exact) mass is 223 g/mol. The molecule has 0 heterocycles. The Hall–Kier alpha value is -1.58. The van der Waals surface area contributed by atoms with Gasteiger partial charge in [0.25, 0.3) is 0 Å². The van der Waals surface area contributed by atoms with Crippen LogP contribution in [0.4, 0.5) is 10.1 Å². The van der Waals surface area contributed by atoms with Gasteiger partial charge in [-0.15, -0.1) is 0 Å². The van der Waals surface area contributed by atoms with Crippen LogP contribution in [0, 0.1) is 11.7 Å². The Kier molecular flexibility index (Phi) is 2.58. The number of hydrogen-bond acceptors (Lipinski definition) is 2. The quantitative estimate of drug-likeness (QED) is 0.824. The van der Waals surface area contributed by atoms with E-state index in [0.717, 1.165) is 12.8 Å². The maximum absolute atomic E-state index is 13.4. The zero-order chi connectivity index (χ0) is 11.8. The van der Waals surface area contributed by atoms with Gasteiger partial charge in [0.1, 0.15) is 11.4 Å². The first kappa shape index (κ1) is 10.9. The van der Waals surface area contributed by atoms with Crippen LogP contribution in [0.25, 0.3) is 0 Å². The molecule has 1 aromatic carbocycles. The minimum Gasteiger partial charge on any atom is -0.480 e. The Morgan fingerprint density at radius 3 is 2.62 bits per heavy atom. The first-order valence-corrected chi connectivity index (χ1v) is 5.30. The molecule has 0 saturated heterocycles. The van der Waals surface area contributed by atoms with Crippen molar-refractivity contribution in [2.24, 2.45) is 5.92 Å². The third-order valence-corrected chi connectivity index (χ3v) is 3.11. The molecule has 1 unspecified atom stereocenters. The first-order chi connectivity index (χ1) is 7.54. The lowest BCUT2D eigenvalue weighted by molar-refractivity contribution is -0.142. The molecule has 1 aliphatic rings. The van der Waals surface area contributed by atoms with Crippen LogP contribution in [-0.4, -0.2) is 16.6 Å². The van der Waals surface area contributed by atoms with Crippen molar-refractivity contribution < 1.29 is 14.3 Å². The molecule has 1 atom stereocenters. The molecule has 16 heavy (non-hydrogen) atoms. The van der Waals surface area contributed by atoms with Crippen molar-refractivity contribution in [3.63, 3.8) is 0 Å². The number of rotatable bonds is 4. The van der Waals surface area contributed by atoms with E-state index in [2.05, 4.69) is 5.32 Å². The lowest BCUT2D eigenvalue weighted by Crippen LogP contribution is -2.45. The van der Waals surface area contributed by atoms with Crippen molar-refractivity contribution in [2.45, 2.75) is 25.3 Å². The summed E-state index contributed by atoms with van der Waals surface area (Å²) < 4.78 is 13.4. The van der Waals surface area contributed by atoms with Gasteiger partial charge in [-0.2, -0.15) is 0 Å². The van der Waals surface area contributed by atoms with E-state index in [1.807, 2.05) is 0 Å². The van der Waals surface area contributed by atoms with E-state index in [1.165, 1.54) is 6.07 Å². The summed E-state index contributed by atoms with van der Waals surface area (Å²) in [4.78, 5) is 11.2. The number of para-hydroxylation sites is 1. The van der Waals surface area contributed by atoms with Gasteiger partial charge < -0.3 is 10.4 Å². The molecule has 3 nitrogen and oxygen atoms in total. The molecular weight excluding hydrogens is 209 g/mol. The van der Waals surface area contributed by atoms with Gasteiger partial charge in [0.2, 0.25) is 0 Å². The Morgan fingerprint density at radius 1 is 1.50 bits per heavy atom. The second-order valence-corrected chi connectivity index (χ2v) is 4.39. The van der Waals surface area contributed by atoms with E-state index in [0.29, 0.717) is 0 Å². The highest BCUT2D eigenvalue weighted by Gasteiger charge is 2.47. The second-order valence-electron chi connectivity index (χ2n) is 4.39. The maximum atomic E-state index is 13.4. The number of benzene rings is 1. The Labute approximate surface area is 93.3 Å². The number of halogens is 1. The topological polar surface area (TPSA) is 49.3 Å². The summed E-state index contributed by atoms with van der Waals surface area (Å²) in [6, 6.07) is 6.13. The van der Waals surface area contributed by atoms with Crippen LogP contribution >= 0.6 is 0 Å². The predicted octanol–water partition coefficient (Wildman–Crippen LogP) is 2.49. The fraction of sp³-hybridized carbons (Fsp3) is 0.417. The maximum Gasteiger partial charge on any atom is 0.329 e. The SMILES string of the molecule is CC(Nc1ccccc1F)(C(=O)O)C1CC1. The van der Waals surface area contributed by atoms with E-state index in [9.17, 15) is 14.3 Å². The van der Waals surface area contributed by atoms with E-state index in [-0.39, 0.29) is 11.6 Å². The zero-order valence-electron chi connectivity index (χ0n) is 9.03. The average Bonchev–Trinajstić information content (AvgIpc) is 3.04. The highest BCUT2D eigenvalue weighted by atomic mass is 19.1. The molecule has 0 amide bonds. The van der Waals surface area contributed by atoms with Gasteiger partial charge in [-0.25, -0.2) is 9.18 Å². The van der Waals surface area contributed by atoms with Crippen LogP contribution in [0.3, 0.4) is 0 Å². The van der Waals surface area contributed by atoms with Gasteiger partial charge in [0.15, 0.2) is 0 Å². The minimum absolute atomic E-state index is 0.0876. The molecule has 0 radical (unpaired) electrons. The van der Waals surface area contributed by atoms with Crippen LogP contribution < -0.4 is 5.32 Å². The summed E-state index contributed by atoms with van der Waals surface area (Å²) in [6.45, 7) is 1.61. The second kappa shape index (κ2) is 3.77. The zero-order valence-corrected chi connectivity index (χ0v) is 9.03. The highest BCUT2D eigenvalue weighted by molar-refractivity contribution is 5.83. The smallest absolute Gasteiger partial charge is 0.329 e. The largest absolute Gasteiger partial charge is 0.480 e. The molecule has 1 aliphatic carbocycles. The van der Waals surface area contributed by atoms with Gasteiger partial charge in [-0.3, -0.25) is 0 Å². The summed E-state index contributed by atoms with van der Waals surface area (Å²) in [5.41, 5.74) is -0.818. The van der Waals surface area contributed by atoms with Crippen molar-refractivity contribution in [3.05, 3.63) is 30.1 Å². The summed E-state index contributed by atoms with van der Waals surface area (Å²) >= 11 is 0. The van der Waals surface area contributed by atoms with Crippen LogP contribution in [0.1, 0.15) is 19.8 Å². The standard InChI is InChI=1S/C12H14FNO2/c1-12(11(15)16,8-6-7-8)14-10-5-3-2-4-9(10)13/h2-5,8,14H,6-7H2,1H3,(H,15,16). The van der Waals surface area contributed by atoms with E-state index >= 15 is 0 Å². The Balaban J connectivity index is 2.24. The number of anilines is 1. The molecule has 4 heteroatoms. The molecule has 0 aromatic heterocycles. The molecule has 2 rings (SSSR count). The molecular formula is C12H14FNO2. The van der Waals surface area contributed by atoms with E-state index in [1.54, 1.807) is 25.1 Å².